The summed E-state index contributed by atoms with van der Waals surface area (Å²) in [6.07, 6.45) is 0.616. The van der Waals surface area contributed by atoms with Crippen LogP contribution in [0.15, 0.2) is 24.3 Å². The van der Waals surface area contributed by atoms with Crippen molar-refractivity contribution in [3.63, 3.8) is 0 Å². The first-order valence-corrected chi connectivity index (χ1v) is 5.95. The van der Waals surface area contributed by atoms with E-state index in [1.807, 2.05) is 6.92 Å². The first kappa shape index (κ1) is 14.7. The van der Waals surface area contributed by atoms with E-state index in [0.29, 0.717) is 25.1 Å². The fourth-order valence-electron chi connectivity index (χ4n) is 1.73. The van der Waals surface area contributed by atoms with Gasteiger partial charge in [-0.15, -0.1) is 0 Å². The molecule has 0 saturated heterocycles. The van der Waals surface area contributed by atoms with E-state index in [2.05, 4.69) is 0 Å². The summed E-state index contributed by atoms with van der Waals surface area (Å²) in [4.78, 5) is 12.4. The van der Waals surface area contributed by atoms with E-state index < -0.39 is 5.41 Å². The van der Waals surface area contributed by atoms with Crippen LogP contribution in [0.4, 0.5) is 0 Å². The van der Waals surface area contributed by atoms with Gasteiger partial charge in [0.1, 0.15) is 5.75 Å². The molecule has 0 aliphatic carbocycles. The molecule has 0 aliphatic rings. The smallest absolute Gasteiger partial charge is 0.170 e. The Morgan fingerprint density at radius 1 is 1.28 bits per heavy atom. The third-order valence-electron chi connectivity index (χ3n) is 3.21. The number of carbonyl (C=O) groups is 1. The number of ether oxygens (including phenoxy) is 2. The van der Waals surface area contributed by atoms with Crippen molar-refractivity contribution in [2.45, 2.75) is 13.3 Å². The second-order valence-corrected chi connectivity index (χ2v) is 4.57. The van der Waals surface area contributed by atoms with Gasteiger partial charge in [0.25, 0.3) is 0 Å². The Labute approximate surface area is 108 Å². The summed E-state index contributed by atoms with van der Waals surface area (Å²) in [7, 11) is 3.22. The first-order valence-electron chi connectivity index (χ1n) is 5.95. The van der Waals surface area contributed by atoms with Crippen LogP contribution in [0.1, 0.15) is 23.7 Å². The number of carbonyl (C=O) groups excluding carboxylic acids is 1. The normalized spacial score (nSPS) is 14.0. The van der Waals surface area contributed by atoms with Gasteiger partial charge in [-0.2, -0.15) is 0 Å². The predicted molar refractivity (Wildman–Crippen MR) is 71.0 cm³/mol. The molecule has 4 heteroatoms. The molecule has 0 amide bonds. The predicted octanol–water partition coefficient (Wildman–Crippen LogP) is 1.88. The number of benzene rings is 1. The lowest BCUT2D eigenvalue weighted by molar-refractivity contribution is 0.0750. The van der Waals surface area contributed by atoms with E-state index in [9.17, 15) is 4.79 Å². The van der Waals surface area contributed by atoms with Crippen molar-refractivity contribution in [1.29, 1.82) is 0 Å². The number of Topliss-reactive ketones (excluding diaryl/α,β-unsaturated/α-hetero) is 1. The van der Waals surface area contributed by atoms with Gasteiger partial charge in [-0.1, -0.05) is 6.92 Å². The first-order chi connectivity index (χ1) is 8.57. The number of hydrogen-bond acceptors (Lipinski definition) is 4. The van der Waals surface area contributed by atoms with Gasteiger partial charge in [-0.25, -0.2) is 0 Å². The Hall–Kier alpha value is -1.39. The van der Waals surface area contributed by atoms with Gasteiger partial charge in [-0.05, 0) is 30.7 Å². The summed E-state index contributed by atoms with van der Waals surface area (Å²) in [5, 5.41) is 0. The van der Waals surface area contributed by atoms with Crippen molar-refractivity contribution >= 4 is 5.78 Å². The average molecular weight is 251 g/mol. The van der Waals surface area contributed by atoms with Crippen molar-refractivity contribution in [2.75, 3.05) is 27.4 Å². The van der Waals surface area contributed by atoms with Crippen molar-refractivity contribution in [3.8, 4) is 5.75 Å². The molecule has 0 spiro atoms. The van der Waals surface area contributed by atoms with Crippen LogP contribution < -0.4 is 10.5 Å². The van der Waals surface area contributed by atoms with E-state index >= 15 is 0 Å². The quantitative estimate of drug-likeness (QED) is 0.752. The largest absolute Gasteiger partial charge is 0.497 e. The average Bonchev–Trinajstić information content (AvgIpc) is 2.44. The van der Waals surface area contributed by atoms with Gasteiger partial charge in [0.2, 0.25) is 0 Å². The van der Waals surface area contributed by atoms with Gasteiger partial charge < -0.3 is 15.2 Å². The lowest BCUT2D eigenvalue weighted by Gasteiger charge is -2.26. The molecule has 1 unspecified atom stereocenters. The highest BCUT2D eigenvalue weighted by Crippen LogP contribution is 2.26. The minimum absolute atomic E-state index is 0.0460. The molecule has 2 N–H and O–H groups in total. The standard InChI is InChI=1S/C14H21NO3/c1-14(10-15,8-9-17-2)13(16)11-4-6-12(18-3)7-5-11/h4-7H,8-10,15H2,1-3H3. The van der Waals surface area contributed by atoms with Gasteiger partial charge in [-0.3, -0.25) is 4.79 Å². The monoisotopic (exact) mass is 251 g/mol. The zero-order valence-corrected chi connectivity index (χ0v) is 11.2. The Balaban J connectivity index is 2.88. The third kappa shape index (κ3) is 3.31. The molecule has 18 heavy (non-hydrogen) atoms. The van der Waals surface area contributed by atoms with Crippen LogP contribution >= 0.6 is 0 Å². The topological polar surface area (TPSA) is 61.5 Å². The maximum atomic E-state index is 12.4. The number of methoxy groups -OCH3 is 2. The molecule has 0 bridgehead atoms. The Morgan fingerprint density at radius 3 is 2.33 bits per heavy atom. The van der Waals surface area contributed by atoms with E-state index in [-0.39, 0.29) is 5.78 Å². The Kier molecular flexibility index (Phi) is 5.31. The Morgan fingerprint density at radius 2 is 1.89 bits per heavy atom. The molecule has 4 nitrogen and oxygen atoms in total. The summed E-state index contributed by atoms with van der Waals surface area (Å²) in [6, 6.07) is 7.09. The SMILES string of the molecule is COCCC(C)(CN)C(=O)c1ccc(OC)cc1. The summed E-state index contributed by atoms with van der Waals surface area (Å²) < 4.78 is 10.1. The number of nitrogens with two attached hydrogens (primary N) is 1. The van der Waals surface area contributed by atoms with Crippen LogP contribution in [0.2, 0.25) is 0 Å². The lowest BCUT2D eigenvalue weighted by atomic mass is 9.79. The summed E-state index contributed by atoms with van der Waals surface area (Å²) in [5.74, 6) is 0.780. The maximum Gasteiger partial charge on any atom is 0.170 e. The molecule has 1 aromatic rings. The molecule has 0 fully saturated rings. The second kappa shape index (κ2) is 6.52. The van der Waals surface area contributed by atoms with Crippen molar-refractivity contribution < 1.29 is 14.3 Å². The minimum Gasteiger partial charge on any atom is -0.497 e. The fraction of sp³-hybridized carbons (Fsp3) is 0.500. The van der Waals surface area contributed by atoms with E-state index in [0.717, 1.165) is 5.75 Å². The van der Waals surface area contributed by atoms with Crippen LogP contribution in [-0.4, -0.2) is 33.2 Å². The molecular formula is C14H21NO3. The fourth-order valence-corrected chi connectivity index (χ4v) is 1.73. The molecule has 1 atom stereocenters. The van der Waals surface area contributed by atoms with Crippen molar-refractivity contribution in [2.24, 2.45) is 11.1 Å². The van der Waals surface area contributed by atoms with Crippen LogP contribution in [0.25, 0.3) is 0 Å². The molecule has 0 heterocycles. The summed E-state index contributed by atoms with van der Waals surface area (Å²) in [6.45, 7) is 2.70. The second-order valence-electron chi connectivity index (χ2n) is 4.57. The van der Waals surface area contributed by atoms with E-state index in [1.54, 1.807) is 38.5 Å². The van der Waals surface area contributed by atoms with Gasteiger partial charge in [0.05, 0.1) is 7.11 Å². The number of hydrogen-bond donors (Lipinski definition) is 1. The van der Waals surface area contributed by atoms with Gasteiger partial charge in [0, 0.05) is 31.2 Å². The highest BCUT2D eigenvalue weighted by atomic mass is 16.5. The third-order valence-corrected chi connectivity index (χ3v) is 3.21. The summed E-state index contributed by atoms with van der Waals surface area (Å²) >= 11 is 0. The number of ketones is 1. The highest BCUT2D eigenvalue weighted by molar-refractivity contribution is 6.00. The van der Waals surface area contributed by atoms with E-state index in [1.165, 1.54) is 0 Å². The molecule has 0 radical (unpaired) electrons. The van der Waals surface area contributed by atoms with Crippen LogP contribution in [0.5, 0.6) is 5.75 Å². The molecular weight excluding hydrogens is 230 g/mol. The summed E-state index contributed by atoms with van der Waals surface area (Å²) in [5.41, 5.74) is 5.81. The lowest BCUT2D eigenvalue weighted by Crippen LogP contribution is -2.37. The van der Waals surface area contributed by atoms with Crippen LogP contribution in [0, 0.1) is 5.41 Å². The molecule has 0 aromatic heterocycles. The van der Waals surface area contributed by atoms with Crippen LogP contribution in [-0.2, 0) is 4.74 Å². The number of rotatable bonds is 7. The molecule has 0 aliphatic heterocycles. The molecule has 0 saturated carbocycles. The van der Waals surface area contributed by atoms with Crippen molar-refractivity contribution in [3.05, 3.63) is 29.8 Å². The zero-order valence-electron chi connectivity index (χ0n) is 11.2. The Bertz CT molecular complexity index is 389. The van der Waals surface area contributed by atoms with E-state index in [4.69, 9.17) is 15.2 Å². The van der Waals surface area contributed by atoms with Crippen LogP contribution in [0.3, 0.4) is 0 Å². The van der Waals surface area contributed by atoms with Crippen molar-refractivity contribution in [1.82, 2.24) is 0 Å². The maximum absolute atomic E-state index is 12.4. The minimum atomic E-state index is -0.579. The molecule has 100 valence electrons. The molecule has 1 rings (SSSR count). The van der Waals surface area contributed by atoms with Gasteiger partial charge >= 0.3 is 0 Å². The zero-order chi connectivity index (χ0) is 13.6. The van der Waals surface area contributed by atoms with Gasteiger partial charge in [0.15, 0.2) is 5.78 Å². The molecule has 1 aromatic carbocycles. The highest BCUT2D eigenvalue weighted by Gasteiger charge is 2.32.